The van der Waals surface area contributed by atoms with Crippen molar-refractivity contribution in [1.82, 2.24) is 10.3 Å². The number of amides is 2. The maximum Gasteiger partial charge on any atom is 0.224 e. The molecule has 234 valence electrons. The summed E-state index contributed by atoms with van der Waals surface area (Å²) in [4.78, 5) is 41.9. The van der Waals surface area contributed by atoms with Gasteiger partial charge in [-0.05, 0) is 66.6 Å². The van der Waals surface area contributed by atoms with E-state index in [0.717, 1.165) is 29.5 Å². The van der Waals surface area contributed by atoms with Gasteiger partial charge in [0.05, 0.1) is 52.1 Å². The van der Waals surface area contributed by atoms with Crippen molar-refractivity contribution < 1.29 is 28.5 Å². The number of benzene rings is 1. The van der Waals surface area contributed by atoms with Gasteiger partial charge in [0.2, 0.25) is 28.9 Å². The molecule has 4 rings (SSSR count). The van der Waals surface area contributed by atoms with Crippen LogP contribution in [0.25, 0.3) is 11.1 Å². The Morgan fingerprint density at radius 1 is 0.932 bits per heavy atom. The SMILES string of the molecule is COc1ccc(NC(=O)CCCCCNc2ccc3c(cc2=O)[C@H](NC(C)=O)CCc2cc(OC)c(OC)c(OC)c2-3)cn1. The Balaban J connectivity index is 1.49. The minimum absolute atomic E-state index is 0.0814. The summed E-state index contributed by atoms with van der Waals surface area (Å²) in [7, 11) is 6.24. The van der Waals surface area contributed by atoms with Crippen LogP contribution < -0.4 is 40.3 Å². The molecule has 0 saturated carbocycles. The highest BCUT2D eigenvalue weighted by molar-refractivity contribution is 5.90. The number of hydrogen-bond donors (Lipinski definition) is 3. The second-order valence-electron chi connectivity index (χ2n) is 10.5. The van der Waals surface area contributed by atoms with Crippen molar-refractivity contribution in [3.8, 4) is 34.3 Å². The van der Waals surface area contributed by atoms with Gasteiger partial charge in [0.15, 0.2) is 11.5 Å². The van der Waals surface area contributed by atoms with E-state index in [1.54, 1.807) is 51.8 Å². The molecule has 0 aliphatic heterocycles. The molecule has 44 heavy (non-hydrogen) atoms. The molecule has 1 aliphatic carbocycles. The zero-order valence-corrected chi connectivity index (χ0v) is 25.9. The number of nitrogens with zero attached hydrogens (tertiary/aromatic N) is 1. The number of unbranched alkanes of at least 4 members (excludes halogenated alkanes) is 2. The van der Waals surface area contributed by atoms with E-state index >= 15 is 0 Å². The molecule has 1 aromatic heterocycles. The zero-order chi connectivity index (χ0) is 31.6. The lowest BCUT2D eigenvalue weighted by atomic mass is 9.95. The summed E-state index contributed by atoms with van der Waals surface area (Å²) < 4.78 is 22.1. The molecule has 0 unspecified atom stereocenters. The first-order valence-corrected chi connectivity index (χ1v) is 14.6. The van der Waals surface area contributed by atoms with E-state index in [1.807, 2.05) is 12.1 Å². The lowest BCUT2D eigenvalue weighted by molar-refractivity contribution is -0.119. The lowest BCUT2D eigenvalue weighted by Crippen LogP contribution is -2.26. The predicted molar refractivity (Wildman–Crippen MR) is 169 cm³/mol. The minimum atomic E-state index is -0.371. The highest BCUT2D eigenvalue weighted by atomic mass is 16.5. The van der Waals surface area contributed by atoms with Crippen LogP contribution >= 0.6 is 0 Å². The second kappa shape index (κ2) is 15.1. The highest BCUT2D eigenvalue weighted by Crippen LogP contribution is 2.50. The van der Waals surface area contributed by atoms with Crippen LogP contribution in [0.15, 0.2) is 47.4 Å². The quantitative estimate of drug-likeness (QED) is 0.233. The number of aryl methyl sites for hydroxylation is 1. The Kier molecular flexibility index (Phi) is 11.0. The Bertz CT molecular complexity index is 1540. The molecule has 0 bridgehead atoms. The number of hydrogen-bond acceptors (Lipinski definition) is 9. The van der Waals surface area contributed by atoms with Crippen LogP contribution in [0.4, 0.5) is 11.4 Å². The molecule has 0 saturated heterocycles. The van der Waals surface area contributed by atoms with Crippen LogP contribution in [0.5, 0.6) is 23.1 Å². The summed E-state index contributed by atoms with van der Waals surface area (Å²) in [5, 5.41) is 9.12. The van der Waals surface area contributed by atoms with Crippen molar-refractivity contribution in [2.24, 2.45) is 0 Å². The molecule has 2 amide bonds. The van der Waals surface area contributed by atoms with E-state index in [0.29, 0.717) is 72.3 Å². The van der Waals surface area contributed by atoms with Gasteiger partial charge >= 0.3 is 0 Å². The fraction of sp³-hybridized carbons (Fsp3) is 0.394. The van der Waals surface area contributed by atoms with Gasteiger partial charge in [-0.2, -0.15) is 0 Å². The molecule has 1 aliphatic rings. The van der Waals surface area contributed by atoms with E-state index in [9.17, 15) is 14.4 Å². The third-order valence-corrected chi connectivity index (χ3v) is 7.54. The summed E-state index contributed by atoms with van der Waals surface area (Å²) in [6, 6.07) is 10.3. The summed E-state index contributed by atoms with van der Waals surface area (Å²) in [6.45, 7) is 2.03. The molecule has 1 heterocycles. The average Bonchev–Trinajstić information content (AvgIpc) is 3.26. The molecule has 11 heteroatoms. The summed E-state index contributed by atoms with van der Waals surface area (Å²) in [5.74, 6) is 1.73. The molecule has 2 aromatic carbocycles. The lowest BCUT2D eigenvalue weighted by Gasteiger charge is -2.19. The van der Waals surface area contributed by atoms with Gasteiger partial charge < -0.3 is 34.9 Å². The Hall–Kier alpha value is -4.80. The second-order valence-corrected chi connectivity index (χ2v) is 10.5. The maximum absolute atomic E-state index is 13.4. The number of aromatic nitrogens is 1. The minimum Gasteiger partial charge on any atom is -0.493 e. The van der Waals surface area contributed by atoms with Crippen molar-refractivity contribution in [2.75, 3.05) is 45.6 Å². The van der Waals surface area contributed by atoms with E-state index in [-0.39, 0.29) is 23.3 Å². The van der Waals surface area contributed by atoms with Crippen LogP contribution in [0.2, 0.25) is 0 Å². The first-order valence-electron chi connectivity index (χ1n) is 14.6. The monoisotopic (exact) mass is 604 g/mol. The third-order valence-electron chi connectivity index (χ3n) is 7.54. The maximum atomic E-state index is 13.4. The van der Waals surface area contributed by atoms with Crippen molar-refractivity contribution in [2.45, 2.75) is 51.5 Å². The standard InChI is InChI=1S/C33H40N4O7/c1-20(38)36-25-13-10-21-17-28(41-2)32(43-4)33(44-5)31(21)23-12-14-26(27(39)18-24(23)25)34-16-8-6-7-9-29(40)37-22-11-15-30(42-3)35-19-22/h11-12,14-15,17-19,25H,6-10,13,16H2,1-5H3,(H,34,39)(H,36,38)(H,37,40)/t25-/m1/s1. The molecule has 11 nitrogen and oxygen atoms in total. The van der Waals surface area contributed by atoms with Gasteiger partial charge in [-0.15, -0.1) is 0 Å². The van der Waals surface area contributed by atoms with Crippen LogP contribution in [0.3, 0.4) is 0 Å². The molecule has 3 aromatic rings. The number of rotatable bonds is 13. The molecule has 0 spiro atoms. The summed E-state index contributed by atoms with van der Waals surface area (Å²) >= 11 is 0. The number of methoxy groups -OCH3 is 4. The van der Waals surface area contributed by atoms with Crippen LogP contribution in [0, 0.1) is 0 Å². The number of anilines is 2. The van der Waals surface area contributed by atoms with Gasteiger partial charge in [0, 0.05) is 31.5 Å². The van der Waals surface area contributed by atoms with Gasteiger partial charge in [-0.1, -0.05) is 12.5 Å². The number of carbonyl (C=O) groups excluding carboxylic acids is 2. The normalized spacial score (nSPS) is 13.4. The number of ether oxygens (including phenoxy) is 4. The largest absolute Gasteiger partial charge is 0.493 e. The molecule has 1 atom stereocenters. The van der Waals surface area contributed by atoms with Crippen molar-refractivity contribution >= 4 is 23.2 Å². The van der Waals surface area contributed by atoms with Crippen LogP contribution in [0.1, 0.15) is 56.2 Å². The third kappa shape index (κ3) is 7.58. The number of pyridine rings is 1. The fourth-order valence-corrected chi connectivity index (χ4v) is 5.46. The van der Waals surface area contributed by atoms with Gasteiger partial charge in [0.25, 0.3) is 0 Å². The Labute approximate surface area is 257 Å². The zero-order valence-electron chi connectivity index (χ0n) is 25.9. The van der Waals surface area contributed by atoms with Gasteiger partial charge in [0.1, 0.15) is 0 Å². The fourth-order valence-electron chi connectivity index (χ4n) is 5.46. The van der Waals surface area contributed by atoms with E-state index in [1.165, 1.54) is 14.0 Å². The van der Waals surface area contributed by atoms with E-state index in [4.69, 9.17) is 18.9 Å². The van der Waals surface area contributed by atoms with Crippen LogP contribution in [-0.2, 0) is 16.0 Å². The molecule has 3 N–H and O–H groups in total. The molecular formula is C33H40N4O7. The number of nitrogens with one attached hydrogen (secondary N) is 3. The van der Waals surface area contributed by atoms with Gasteiger partial charge in [-0.3, -0.25) is 14.4 Å². The van der Waals surface area contributed by atoms with Gasteiger partial charge in [-0.25, -0.2) is 4.98 Å². The molecular weight excluding hydrogens is 564 g/mol. The number of carbonyl (C=O) groups is 2. The van der Waals surface area contributed by atoms with Crippen molar-refractivity contribution in [1.29, 1.82) is 0 Å². The van der Waals surface area contributed by atoms with E-state index < -0.39 is 0 Å². The summed E-state index contributed by atoms with van der Waals surface area (Å²) in [6.07, 6.45) is 5.45. The van der Waals surface area contributed by atoms with Crippen molar-refractivity contribution in [3.05, 3.63) is 63.9 Å². The highest BCUT2D eigenvalue weighted by Gasteiger charge is 2.29. The molecule has 0 radical (unpaired) electrons. The Morgan fingerprint density at radius 2 is 1.73 bits per heavy atom. The summed E-state index contributed by atoms with van der Waals surface area (Å²) in [5.41, 5.74) is 4.14. The first-order chi connectivity index (χ1) is 21.3. The van der Waals surface area contributed by atoms with Crippen molar-refractivity contribution in [3.63, 3.8) is 0 Å². The predicted octanol–water partition coefficient (Wildman–Crippen LogP) is 4.88. The smallest absolute Gasteiger partial charge is 0.224 e. The topological polar surface area (TPSA) is 137 Å². The van der Waals surface area contributed by atoms with Crippen LogP contribution in [-0.4, -0.2) is 51.8 Å². The average molecular weight is 605 g/mol. The number of fused-ring (bicyclic) bond motifs is 3. The Morgan fingerprint density at radius 3 is 2.39 bits per heavy atom. The van der Waals surface area contributed by atoms with E-state index in [2.05, 4.69) is 20.9 Å². The molecule has 0 fully saturated rings. The first kappa shape index (κ1) is 32.1.